The second-order valence-electron chi connectivity index (χ2n) is 4.90. The molecule has 1 N–H and O–H groups in total. The minimum Gasteiger partial charge on any atom is -0.385 e. The molecule has 18 heavy (non-hydrogen) atoms. The summed E-state index contributed by atoms with van der Waals surface area (Å²) < 4.78 is 12.8. The van der Waals surface area contributed by atoms with Crippen LogP contribution in [0.3, 0.4) is 0 Å². The van der Waals surface area contributed by atoms with Crippen molar-refractivity contribution < 1.29 is 4.39 Å². The summed E-state index contributed by atoms with van der Waals surface area (Å²) in [4.78, 5) is 0. The van der Waals surface area contributed by atoms with E-state index in [1.807, 2.05) is 0 Å². The molecule has 0 bridgehead atoms. The highest BCUT2D eigenvalue weighted by Gasteiger charge is 2.37. The Morgan fingerprint density at radius 3 is 2.44 bits per heavy atom. The number of halogens is 1. The maximum atomic E-state index is 12.8. The van der Waals surface area contributed by atoms with Crippen molar-refractivity contribution in [3.05, 3.63) is 66.0 Å². The quantitative estimate of drug-likeness (QED) is 0.851. The molecule has 1 fully saturated rings. The molecule has 0 spiro atoms. The van der Waals surface area contributed by atoms with Crippen LogP contribution >= 0.6 is 0 Å². The molecule has 92 valence electrons. The number of benzene rings is 2. The third-order valence-corrected chi connectivity index (χ3v) is 3.56. The lowest BCUT2D eigenvalue weighted by Crippen LogP contribution is -2.04. The average Bonchev–Trinajstić information content (AvgIpc) is 3.19. The second kappa shape index (κ2) is 4.81. The monoisotopic (exact) mass is 241 g/mol. The Balaban J connectivity index is 1.53. The molecule has 1 aliphatic rings. The number of anilines is 1. The summed E-state index contributed by atoms with van der Waals surface area (Å²) in [5, 5.41) is 3.37. The largest absolute Gasteiger partial charge is 0.385 e. The van der Waals surface area contributed by atoms with Gasteiger partial charge in [-0.25, -0.2) is 4.39 Å². The predicted molar refractivity (Wildman–Crippen MR) is 72.2 cm³/mol. The van der Waals surface area contributed by atoms with E-state index < -0.39 is 0 Å². The van der Waals surface area contributed by atoms with Crippen molar-refractivity contribution in [2.45, 2.75) is 12.3 Å². The van der Waals surface area contributed by atoms with E-state index in [0.717, 1.165) is 12.2 Å². The molecule has 0 saturated heterocycles. The van der Waals surface area contributed by atoms with Gasteiger partial charge in [0.15, 0.2) is 0 Å². The van der Waals surface area contributed by atoms with Gasteiger partial charge < -0.3 is 5.32 Å². The van der Waals surface area contributed by atoms with Crippen LogP contribution in [0.15, 0.2) is 54.6 Å². The topological polar surface area (TPSA) is 12.0 Å². The van der Waals surface area contributed by atoms with Crippen LogP contribution in [-0.2, 0) is 0 Å². The Morgan fingerprint density at radius 1 is 1.00 bits per heavy atom. The van der Waals surface area contributed by atoms with Crippen molar-refractivity contribution in [1.82, 2.24) is 0 Å². The van der Waals surface area contributed by atoms with Crippen molar-refractivity contribution in [3.63, 3.8) is 0 Å². The van der Waals surface area contributed by atoms with Crippen LogP contribution in [0.4, 0.5) is 10.1 Å². The molecule has 1 aliphatic carbocycles. The number of nitrogens with one attached hydrogen (secondary N) is 1. The summed E-state index contributed by atoms with van der Waals surface area (Å²) in [6.07, 6.45) is 1.25. The summed E-state index contributed by atoms with van der Waals surface area (Å²) in [5.41, 5.74) is 2.43. The summed E-state index contributed by atoms with van der Waals surface area (Å²) in [5.74, 6) is 1.21. The van der Waals surface area contributed by atoms with Crippen molar-refractivity contribution in [2.24, 2.45) is 5.92 Å². The molecule has 2 aromatic carbocycles. The molecular weight excluding hydrogens is 225 g/mol. The first-order valence-electron chi connectivity index (χ1n) is 6.37. The Kier molecular flexibility index (Phi) is 3.01. The van der Waals surface area contributed by atoms with Crippen molar-refractivity contribution in [2.75, 3.05) is 11.9 Å². The fourth-order valence-corrected chi connectivity index (χ4v) is 2.40. The fourth-order valence-electron chi connectivity index (χ4n) is 2.40. The van der Waals surface area contributed by atoms with Crippen LogP contribution in [0.25, 0.3) is 0 Å². The summed E-state index contributed by atoms with van der Waals surface area (Å²) in [6, 6.07) is 17.2. The zero-order valence-electron chi connectivity index (χ0n) is 10.1. The smallest absolute Gasteiger partial charge is 0.123 e. The van der Waals surface area contributed by atoms with Crippen molar-refractivity contribution in [3.8, 4) is 0 Å². The van der Waals surface area contributed by atoms with Gasteiger partial charge in [0.2, 0.25) is 0 Å². The van der Waals surface area contributed by atoms with E-state index in [2.05, 4.69) is 35.6 Å². The van der Waals surface area contributed by atoms with Crippen LogP contribution in [0, 0.1) is 11.7 Å². The normalized spacial score (nSPS) is 21.6. The Bertz CT molecular complexity index is 506. The molecule has 1 nitrogen and oxygen atoms in total. The molecule has 0 radical (unpaired) electrons. The number of hydrogen-bond acceptors (Lipinski definition) is 1. The van der Waals surface area contributed by atoms with Gasteiger partial charge >= 0.3 is 0 Å². The lowest BCUT2D eigenvalue weighted by Gasteiger charge is -2.05. The minimum atomic E-state index is -0.186. The maximum Gasteiger partial charge on any atom is 0.123 e. The molecule has 2 aromatic rings. The van der Waals surface area contributed by atoms with Crippen LogP contribution in [-0.4, -0.2) is 6.54 Å². The Morgan fingerprint density at radius 2 is 1.72 bits per heavy atom. The van der Waals surface area contributed by atoms with E-state index >= 15 is 0 Å². The predicted octanol–water partition coefficient (Wildman–Crippen LogP) is 4.04. The Hall–Kier alpha value is -1.83. The van der Waals surface area contributed by atoms with Crippen LogP contribution in [0.1, 0.15) is 17.9 Å². The van der Waals surface area contributed by atoms with Gasteiger partial charge in [0.25, 0.3) is 0 Å². The molecule has 0 heterocycles. The molecule has 0 aromatic heterocycles. The average molecular weight is 241 g/mol. The van der Waals surface area contributed by atoms with Gasteiger partial charge in [0.05, 0.1) is 0 Å². The van der Waals surface area contributed by atoms with E-state index in [4.69, 9.17) is 0 Å². The third kappa shape index (κ3) is 2.53. The lowest BCUT2D eigenvalue weighted by atomic mass is 10.1. The van der Waals surface area contributed by atoms with E-state index in [1.54, 1.807) is 12.1 Å². The molecular formula is C16H16FN. The first-order valence-corrected chi connectivity index (χ1v) is 6.37. The van der Waals surface area contributed by atoms with Gasteiger partial charge in [-0.05, 0) is 48.1 Å². The highest BCUT2D eigenvalue weighted by Crippen LogP contribution is 2.47. The van der Waals surface area contributed by atoms with Gasteiger partial charge in [-0.15, -0.1) is 0 Å². The van der Waals surface area contributed by atoms with Crippen LogP contribution in [0.5, 0.6) is 0 Å². The SMILES string of the molecule is Fc1ccc(NC[C@@H]2C[C@H]2c2ccccc2)cc1. The second-order valence-corrected chi connectivity index (χ2v) is 4.90. The highest BCUT2D eigenvalue weighted by atomic mass is 19.1. The molecule has 3 rings (SSSR count). The van der Waals surface area contributed by atoms with Gasteiger partial charge in [-0.2, -0.15) is 0 Å². The summed E-state index contributed by atoms with van der Waals surface area (Å²) in [6.45, 7) is 0.963. The standard InChI is InChI=1S/C16H16FN/c17-14-6-8-15(9-7-14)18-11-13-10-16(13)12-4-2-1-3-5-12/h1-9,13,16,18H,10-11H2/t13-,16-/m0/s1. The zero-order valence-corrected chi connectivity index (χ0v) is 10.1. The van der Waals surface area contributed by atoms with E-state index in [0.29, 0.717) is 11.8 Å². The van der Waals surface area contributed by atoms with Gasteiger partial charge in [0.1, 0.15) is 5.82 Å². The van der Waals surface area contributed by atoms with E-state index in [-0.39, 0.29) is 5.82 Å². The van der Waals surface area contributed by atoms with Crippen molar-refractivity contribution >= 4 is 5.69 Å². The summed E-state index contributed by atoms with van der Waals surface area (Å²) in [7, 11) is 0. The van der Waals surface area contributed by atoms with Crippen LogP contribution < -0.4 is 5.32 Å². The molecule has 2 heteroatoms. The van der Waals surface area contributed by atoms with Gasteiger partial charge in [-0.3, -0.25) is 0 Å². The first kappa shape index (κ1) is 11.3. The molecule has 0 aliphatic heterocycles. The molecule has 0 unspecified atom stereocenters. The van der Waals surface area contributed by atoms with Crippen LogP contribution in [0.2, 0.25) is 0 Å². The molecule has 1 saturated carbocycles. The fraction of sp³-hybridized carbons (Fsp3) is 0.250. The Labute approximate surface area is 107 Å². The highest BCUT2D eigenvalue weighted by molar-refractivity contribution is 5.43. The van der Waals surface area contributed by atoms with Crippen molar-refractivity contribution in [1.29, 1.82) is 0 Å². The van der Waals surface area contributed by atoms with Gasteiger partial charge in [-0.1, -0.05) is 30.3 Å². The minimum absolute atomic E-state index is 0.186. The molecule has 0 amide bonds. The third-order valence-electron chi connectivity index (χ3n) is 3.56. The molecule has 2 atom stereocenters. The van der Waals surface area contributed by atoms with Gasteiger partial charge in [0, 0.05) is 12.2 Å². The lowest BCUT2D eigenvalue weighted by molar-refractivity contribution is 0.628. The van der Waals surface area contributed by atoms with E-state index in [9.17, 15) is 4.39 Å². The summed E-state index contributed by atoms with van der Waals surface area (Å²) >= 11 is 0. The van der Waals surface area contributed by atoms with E-state index in [1.165, 1.54) is 24.1 Å². The number of hydrogen-bond donors (Lipinski definition) is 1. The first-order chi connectivity index (χ1) is 8.83. The number of rotatable bonds is 4. The zero-order chi connectivity index (χ0) is 12.4. The maximum absolute atomic E-state index is 12.8.